The van der Waals surface area contributed by atoms with Gasteiger partial charge in [-0.15, -0.1) is 0 Å². The molecule has 0 saturated carbocycles. The van der Waals surface area contributed by atoms with E-state index in [9.17, 15) is 8.42 Å². The summed E-state index contributed by atoms with van der Waals surface area (Å²) in [5, 5.41) is 5.05. The van der Waals surface area contributed by atoms with Crippen LogP contribution in [0.2, 0.25) is 0 Å². The van der Waals surface area contributed by atoms with Crippen LogP contribution in [0.3, 0.4) is 0 Å². The third-order valence-corrected chi connectivity index (χ3v) is 3.62. The molecule has 1 aliphatic heterocycles. The van der Waals surface area contributed by atoms with Crippen molar-refractivity contribution < 1.29 is 8.42 Å². The number of nitrogens with zero attached hydrogens (tertiary/aromatic N) is 2. The fourth-order valence-electron chi connectivity index (χ4n) is 1.59. The molecule has 78 valence electrons. The topological polar surface area (TPSA) is 66.6 Å². The zero-order chi connectivity index (χ0) is 10.1. The van der Waals surface area contributed by atoms with Gasteiger partial charge in [-0.2, -0.15) is 12.7 Å². The van der Waals surface area contributed by atoms with E-state index in [0.29, 0.717) is 19.1 Å². The van der Waals surface area contributed by atoms with Crippen LogP contribution in [0.1, 0.15) is 13.3 Å². The summed E-state index contributed by atoms with van der Waals surface area (Å²) in [4.78, 5) is 2.17. The number of hydrogen-bond donors (Lipinski definition) is 1. The average Bonchev–Trinajstić information content (AvgIpc) is 2.03. The third kappa shape index (κ3) is 2.63. The van der Waals surface area contributed by atoms with Crippen molar-refractivity contribution in [1.29, 1.82) is 0 Å². The molecule has 1 fully saturated rings. The monoisotopic (exact) mass is 207 g/mol. The summed E-state index contributed by atoms with van der Waals surface area (Å²) in [5.74, 6) is 0. The Morgan fingerprint density at radius 3 is 2.54 bits per heavy atom. The second-order valence-electron chi connectivity index (χ2n) is 3.45. The number of hydrogen-bond acceptors (Lipinski definition) is 3. The van der Waals surface area contributed by atoms with Crippen LogP contribution in [0.15, 0.2) is 0 Å². The van der Waals surface area contributed by atoms with E-state index in [4.69, 9.17) is 5.14 Å². The molecule has 0 spiro atoms. The first-order valence-electron chi connectivity index (χ1n) is 4.43. The molecule has 6 heteroatoms. The van der Waals surface area contributed by atoms with Crippen molar-refractivity contribution in [2.75, 3.05) is 26.7 Å². The molecule has 0 amide bonds. The van der Waals surface area contributed by atoms with Crippen molar-refractivity contribution in [2.24, 2.45) is 5.14 Å². The van der Waals surface area contributed by atoms with Gasteiger partial charge in [0, 0.05) is 25.7 Å². The Hall–Kier alpha value is -0.170. The predicted molar refractivity (Wildman–Crippen MR) is 51.4 cm³/mol. The van der Waals surface area contributed by atoms with Crippen LogP contribution >= 0.6 is 0 Å². The maximum atomic E-state index is 11.0. The van der Waals surface area contributed by atoms with Crippen LogP contribution < -0.4 is 5.14 Å². The van der Waals surface area contributed by atoms with Gasteiger partial charge in [0.25, 0.3) is 10.2 Å². The highest BCUT2D eigenvalue weighted by Gasteiger charge is 2.28. The van der Waals surface area contributed by atoms with Crippen molar-refractivity contribution in [3.8, 4) is 0 Å². The van der Waals surface area contributed by atoms with Gasteiger partial charge in [0.2, 0.25) is 0 Å². The Bertz CT molecular complexity index is 265. The molecule has 13 heavy (non-hydrogen) atoms. The highest BCUT2D eigenvalue weighted by atomic mass is 32.2. The molecule has 1 heterocycles. The van der Waals surface area contributed by atoms with E-state index in [2.05, 4.69) is 4.90 Å². The SMILES string of the molecule is CCC1CN(S(N)(=O)=O)CCN1C. The van der Waals surface area contributed by atoms with Gasteiger partial charge in [-0.3, -0.25) is 0 Å². The van der Waals surface area contributed by atoms with Gasteiger partial charge in [0.05, 0.1) is 0 Å². The first-order valence-corrected chi connectivity index (χ1v) is 5.93. The van der Waals surface area contributed by atoms with E-state index in [1.54, 1.807) is 0 Å². The zero-order valence-electron chi connectivity index (χ0n) is 8.10. The summed E-state index contributed by atoms with van der Waals surface area (Å²) in [6.07, 6.45) is 0.947. The van der Waals surface area contributed by atoms with E-state index in [-0.39, 0.29) is 0 Å². The van der Waals surface area contributed by atoms with E-state index < -0.39 is 10.2 Å². The lowest BCUT2D eigenvalue weighted by Gasteiger charge is -2.37. The normalized spacial score (nSPS) is 27.8. The molecule has 0 aromatic carbocycles. The Morgan fingerprint density at radius 2 is 2.08 bits per heavy atom. The maximum Gasteiger partial charge on any atom is 0.276 e. The first kappa shape index (κ1) is 10.9. The van der Waals surface area contributed by atoms with Gasteiger partial charge in [-0.05, 0) is 13.5 Å². The minimum Gasteiger partial charge on any atom is -0.301 e. The highest BCUT2D eigenvalue weighted by molar-refractivity contribution is 7.86. The summed E-state index contributed by atoms with van der Waals surface area (Å²) < 4.78 is 23.4. The van der Waals surface area contributed by atoms with Gasteiger partial charge in [-0.25, -0.2) is 5.14 Å². The lowest BCUT2D eigenvalue weighted by molar-refractivity contribution is 0.144. The molecule has 0 aliphatic carbocycles. The van der Waals surface area contributed by atoms with Crippen LogP contribution in [0.25, 0.3) is 0 Å². The van der Waals surface area contributed by atoms with Gasteiger partial charge in [-0.1, -0.05) is 6.92 Å². The van der Waals surface area contributed by atoms with Crippen LogP contribution in [0.5, 0.6) is 0 Å². The van der Waals surface area contributed by atoms with E-state index >= 15 is 0 Å². The maximum absolute atomic E-state index is 11.0. The molecular weight excluding hydrogens is 190 g/mol. The molecule has 0 bridgehead atoms. The molecule has 1 atom stereocenters. The van der Waals surface area contributed by atoms with Gasteiger partial charge < -0.3 is 4.90 Å². The standard InChI is InChI=1S/C7H17N3O2S/c1-3-7-6-10(13(8,11)12)5-4-9(7)2/h7H,3-6H2,1-2H3,(H2,8,11,12). The van der Waals surface area contributed by atoms with Crippen molar-refractivity contribution in [3.63, 3.8) is 0 Å². The molecule has 0 aromatic rings. The number of rotatable bonds is 2. The Kier molecular flexibility index (Phi) is 3.28. The Balaban J connectivity index is 2.65. The summed E-state index contributed by atoms with van der Waals surface area (Å²) >= 11 is 0. The molecule has 2 N–H and O–H groups in total. The van der Waals surface area contributed by atoms with Crippen molar-refractivity contribution in [3.05, 3.63) is 0 Å². The van der Waals surface area contributed by atoms with E-state index in [1.807, 2.05) is 14.0 Å². The Morgan fingerprint density at radius 1 is 1.46 bits per heavy atom. The van der Waals surface area contributed by atoms with Crippen LogP contribution in [-0.4, -0.2) is 50.3 Å². The van der Waals surface area contributed by atoms with Gasteiger partial charge >= 0.3 is 0 Å². The fraction of sp³-hybridized carbons (Fsp3) is 1.00. The predicted octanol–water partition coefficient (Wildman–Crippen LogP) is -0.784. The van der Waals surface area contributed by atoms with E-state index in [1.165, 1.54) is 4.31 Å². The quantitative estimate of drug-likeness (QED) is 0.645. The summed E-state index contributed by atoms with van der Waals surface area (Å²) in [7, 11) is -1.48. The van der Waals surface area contributed by atoms with Gasteiger partial charge in [0.1, 0.15) is 0 Å². The van der Waals surface area contributed by atoms with E-state index in [0.717, 1.165) is 13.0 Å². The highest BCUT2D eigenvalue weighted by Crippen LogP contribution is 2.11. The van der Waals surface area contributed by atoms with Crippen molar-refractivity contribution in [1.82, 2.24) is 9.21 Å². The molecule has 0 radical (unpaired) electrons. The smallest absolute Gasteiger partial charge is 0.276 e. The summed E-state index contributed by atoms with van der Waals surface area (Å²) in [6.45, 7) is 3.83. The molecule has 0 aromatic heterocycles. The van der Waals surface area contributed by atoms with Gasteiger partial charge in [0.15, 0.2) is 0 Å². The van der Waals surface area contributed by atoms with Crippen molar-refractivity contribution in [2.45, 2.75) is 19.4 Å². The average molecular weight is 207 g/mol. The third-order valence-electron chi connectivity index (χ3n) is 2.57. The van der Waals surface area contributed by atoms with Crippen LogP contribution in [0.4, 0.5) is 0 Å². The molecule has 1 aliphatic rings. The number of nitrogens with two attached hydrogens (primary N) is 1. The summed E-state index contributed by atoms with van der Waals surface area (Å²) in [6, 6.07) is 0.298. The molecule has 5 nitrogen and oxygen atoms in total. The lowest BCUT2D eigenvalue weighted by Crippen LogP contribution is -2.54. The zero-order valence-corrected chi connectivity index (χ0v) is 8.92. The molecule has 1 unspecified atom stereocenters. The fourth-order valence-corrected chi connectivity index (χ4v) is 2.31. The second-order valence-corrected chi connectivity index (χ2v) is 4.99. The minimum atomic E-state index is -3.49. The Labute approximate surface area is 79.7 Å². The van der Waals surface area contributed by atoms with Crippen LogP contribution in [0, 0.1) is 0 Å². The lowest BCUT2D eigenvalue weighted by atomic mass is 10.1. The summed E-state index contributed by atoms with van der Waals surface area (Å²) in [5.41, 5.74) is 0. The van der Waals surface area contributed by atoms with Crippen molar-refractivity contribution >= 4 is 10.2 Å². The molecule has 1 rings (SSSR count). The second kappa shape index (κ2) is 3.91. The molecule has 1 saturated heterocycles. The van der Waals surface area contributed by atoms with Crippen LogP contribution in [-0.2, 0) is 10.2 Å². The number of likely N-dealkylation sites (N-methyl/N-ethyl adjacent to an activating group) is 1. The minimum absolute atomic E-state index is 0.298. The molecular formula is C7H17N3O2S. The number of piperazine rings is 1. The first-order chi connectivity index (χ1) is 5.95. The largest absolute Gasteiger partial charge is 0.301 e.